The summed E-state index contributed by atoms with van der Waals surface area (Å²) in [5.41, 5.74) is 0.233. The van der Waals surface area contributed by atoms with Gasteiger partial charge in [-0.2, -0.15) is 0 Å². The normalized spacial score (nSPS) is 25.7. The predicted molar refractivity (Wildman–Crippen MR) is 88.9 cm³/mol. The Kier molecular flexibility index (Phi) is 3.95. The van der Waals surface area contributed by atoms with Crippen LogP contribution in [0.5, 0.6) is 0 Å². The SMILES string of the molecule is Cc1occc1C(=O)N1CCC2(CC(Nc3ncccc3F)CO2)C1. The van der Waals surface area contributed by atoms with Crippen molar-refractivity contribution < 1.29 is 18.3 Å². The lowest BCUT2D eigenvalue weighted by molar-refractivity contribution is 0.0124. The van der Waals surface area contributed by atoms with E-state index in [-0.39, 0.29) is 29.2 Å². The van der Waals surface area contributed by atoms with Crippen LogP contribution in [0, 0.1) is 12.7 Å². The molecule has 0 aromatic carbocycles. The molecule has 4 rings (SSSR count). The molecule has 2 saturated heterocycles. The van der Waals surface area contributed by atoms with Crippen molar-refractivity contribution in [2.75, 3.05) is 25.0 Å². The van der Waals surface area contributed by atoms with Gasteiger partial charge in [0, 0.05) is 19.2 Å². The Bertz CT molecular complexity index is 793. The molecule has 132 valence electrons. The van der Waals surface area contributed by atoms with Crippen LogP contribution in [0.1, 0.15) is 29.0 Å². The van der Waals surface area contributed by atoms with Gasteiger partial charge in [0.05, 0.1) is 36.6 Å². The number of nitrogens with zero attached hydrogens (tertiary/aromatic N) is 2. The molecule has 2 unspecified atom stereocenters. The summed E-state index contributed by atoms with van der Waals surface area (Å²) in [6.45, 7) is 3.45. The number of rotatable bonds is 3. The van der Waals surface area contributed by atoms with E-state index in [0.717, 1.165) is 12.8 Å². The van der Waals surface area contributed by atoms with Gasteiger partial charge in [0.25, 0.3) is 5.91 Å². The van der Waals surface area contributed by atoms with Crippen molar-refractivity contribution in [2.45, 2.75) is 31.4 Å². The number of anilines is 1. The highest BCUT2D eigenvalue weighted by atomic mass is 19.1. The minimum absolute atomic E-state index is 0.0184. The maximum Gasteiger partial charge on any atom is 0.257 e. The van der Waals surface area contributed by atoms with Crippen LogP contribution in [0.25, 0.3) is 0 Å². The van der Waals surface area contributed by atoms with E-state index in [1.807, 2.05) is 4.90 Å². The van der Waals surface area contributed by atoms with Crippen LogP contribution in [-0.2, 0) is 4.74 Å². The van der Waals surface area contributed by atoms with E-state index in [1.165, 1.54) is 12.3 Å². The molecular weight excluding hydrogens is 325 g/mol. The fourth-order valence-corrected chi connectivity index (χ4v) is 3.70. The highest BCUT2D eigenvalue weighted by Gasteiger charge is 2.47. The molecule has 1 spiro atoms. The standard InChI is InChI=1S/C18H20FN3O3/c1-12-14(4-8-24-12)17(23)22-7-5-18(11-22)9-13(10-25-18)21-16-15(19)3-2-6-20-16/h2-4,6,8,13H,5,7,9-11H2,1H3,(H,20,21). The molecule has 0 bridgehead atoms. The predicted octanol–water partition coefficient (Wildman–Crippen LogP) is 2.61. The third-order valence-corrected chi connectivity index (χ3v) is 5.00. The second-order valence-electron chi connectivity index (χ2n) is 6.74. The summed E-state index contributed by atoms with van der Waals surface area (Å²) >= 11 is 0. The highest BCUT2D eigenvalue weighted by Crippen LogP contribution is 2.37. The topological polar surface area (TPSA) is 67.6 Å². The molecule has 0 aliphatic carbocycles. The molecule has 25 heavy (non-hydrogen) atoms. The Morgan fingerprint density at radius 3 is 3.12 bits per heavy atom. The fraction of sp³-hybridized carbons (Fsp3) is 0.444. The van der Waals surface area contributed by atoms with Crippen molar-refractivity contribution in [3.63, 3.8) is 0 Å². The molecule has 1 N–H and O–H groups in total. The first kappa shape index (κ1) is 16.1. The van der Waals surface area contributed by atoms with Gasteiger partial charge in [-0.3, -0.25) is 4.79 Å². The summed E-state index contributed by atoms with van der Waals surface area (Å²) in [5.74, 6) is 0.470. The Morgan fingerprint density at radius 1 is 1.48 bits per heavy atom. The van der Waals surface area contributed by atoms with Gasteiger partial charge in [-0.25, -0.2) is 9.37 Å². The monoisotopic (exact) mass is 345 g/mol. The van der Waals surface area contributed by atoms with E-state index in [2.05, 4.69) is 10.3 Å². The van der Waals surface area contributed by atoms with E-state index in [1.54, 1.807) is 25.3 Å². The number of pyridine rings is 1. The smallest absolute Gasteiger partial charge is 0.257 e. The Labute approximate surface area is 145 Å². The van der Waals surface area contributed by atoms with Crippen molar-refractivity contribution in [3.05, 3.63) is 47.8 Å². The lowest BCUT2D eigenvalue weighted by Crippen LogP contribution is -2.36. The summed E-state index contributed by atoms with van der Waals surface area (Å²) < 4.78 is 25.0. The van der Waals surface area contributed by atoms with Gasteiger partial charge in [0.1, 0.15) is 5.76 Å². The molecule has 2 atom stereocenters. The first-order chi connectivity index (χ1) is 12.1. The number of aryl methyl sites for hydroxylation is 1. The zero-order valence-electron chi connectivity index (χ0n) is 14.0. The number of aromatic nitrogens is 1. The summed E-state index contributed by atoms with van der Waals surface area (Å²) in [7, 11) is 0. The number of hydrogen-bond donors (Lipinski definition) is 1. The number of carbonyl (C=O) groups is 1. The molecular formula is C18H20FN3O3. The average molecular weight is 345 g/mol. The number of hydrogen-bond acceptors (Lipinski definition) is 5. The van der Waals surface area contributed by atoms with Crippen LogP contribution in [0.2, 0.25) is 0 Å². The quantitative estimate of drug-likeness (QED) is 0.926. The minimum Gasteiger partial charge on any atom is -0.469 e. The maximum atomic E-state index is 13.7. The zero-order chi connectivity index (χ0) is 17.4. The van der Waals surface area contributed by atoms with Crippen molar-refractivity contribution in [1.82, 2.24) is 9.88 Å². The largest absolute Gasteiger partial charge is 0.469 e. The molecule has 2 fully saturated rings. The van der Waals surface area contributed by atoms with Crippen LogP contribution < -0.4 is 5.32 Å². The molecule has 2 aromatic heterocycles. The second-order valence-corrected chi connectivity index (χ2v) is 6.74. The van der Waals surface area contributed by atoms with Crippen LogP contribution in [0.15, 0.2) is 35.1 Å². The van der Waals surface area contributed by atoms with Gasteiger partial charge in [-0.05, 0) is 31.5 Å². The number of amides is 1. The van der Waals surface area contributed by atoms with Crippen LogP contribution in [-0.4, -0.2) is 47.1 Å². The second kappa shape index (κ2) is 6.15. The highest BCUT2D eigenvalue weighted by molar-refractivity contribution is 5.95. The van der Waals surface area contributed by atoms with Crippen molar-refractivity contribution in [3.8, 4) is 0 Å². The lowest BCUT2D eigenvalue weighted by atomic mass is 9.97. The lowest BCUT2D eigenvalue weighted by Gasteiger charge is -2.23. The molecule has 2 aromatic rings. The maximum absolute atomic E-state index is 13.7. The zero-order valence-corrected chi connectivity index (χ0v) is 14.0. The third kappa shape index (κ3) is 3.00. The minimum atomic E-state index is -0.373. The summed E-state index contributed by atoms with van der Waals surface area (Å²) in [5, 5.41) is 3.11. The molecule has 7 heteroatoms. The van der Waals surface area contributed by atoms with Gasteiger partial charge in [0.15, 0.2) is 11.6 Å². The Morgan fingerprint density at radius 2 is 2.36 bits per heavy atom. The molecule has 2 aliphatic rings. The fourth-order valence-electron chi connectivity index (χ4n) is 3.70. The molecule has 0 radical (unpaired) electrons. The van der Waals surface area contributed by atoms with Gasteiger partial charge < -0.3 is 19.4 Å². The third-order valence-electron chi connectivity index (χ3n) is 5.00. The van der Waals surface area contributed by atoms with Crippen molar-refractivity contribution >= 4 is 11.7 Å². The van der Waals surface area contributed by atoms with Gasteiger partial charge in [0.2, 0.25) is 0 Å². The van der Waals surface area contributed by atoms with Gasteiger partial charge >= 0.3 is 0 Å². The number of furan rings is 1. The number of halogens is 1. The number of nitrogens with one attached hydrogen (secondary N) is 1. The van der Waals surface area contributed by atoms with Crippen LogP contribution >= 0.6 is 0 Å². The van der Waals surface area contributed by atoms with E-state index >= 15 is 0 Å². The summed E-state index contributed by atoms with van der Waals surface area (Å²) in [4.78, 5) is 18.5. The van der Waals surface area contributed by atoms with E-state index in [9.17, 15) is 9.18 Å². The van der Waals surface area contributed by atoms with Gasteiger partial charge in [-0.1, -0.05) is 0 Å². The van der Waals surface area contributed by atoms with E-state index < -0.39 is 0 Å². The Hall–Kier alpha value is -2.41. The van der Waals surface area contributed by atoms with Gasteiger partial charge in [-0.15, -0.1) is 0 Å². The Balaban J connectivity index is 1.41. The molecule has 0 saturated carbocycles. The summed E-state index contributed by atoms with van der Waals surface area (Å²) in [6.07, 6.45) is 4.58. The average Bonchev–Trinajstić information content (AvgIpc) is 3.31. The first-order valence-corrected chi connectivity index (χ1v) is 8.41. The van der Waals surface area contributed by atoms with Crippen LogP contribution in [0.3, 0.4) is 0 Å². The molecule has 2 aliphatic heterocycles. The number of carbonyl (C=O) groups excluding carboxylic acids is 1. The van der Waals surface area contributed by atoms with Crippen molar-refractivity contribution in [2.24, 2.45) is 0 Å². The molecule has 6 nitrogen and oxygen atoms in total. The first-order valence-electron chi connectivity index (χ1n) is 8.41. The molecule has 1 amide bonds. The summed E-state index contributed by atoms with van der Waals surface area (Å²) in [6, 6.07) is 4.62. The van der Waals surface area contributed by atoms with Crippen molar-refractivity contribution in [1.29, 1.82) is 0 Å². The number of ether oxygens (including phenoxy) is 1. The molecule has 4 heterocycles. The number of likely N-dealkylation sites (tertiary alicyclic amines) is 1. The van der Waals surface area contributed by atoms with Crippen LogP contribution in [0.4, 0.5) is 10.2 Å². The van der Waals surface area contributed by atoms with E-state index in [0.29, 0.717) is 31.0 Å². The van der Waals surface area contributed by atoms with E-state index in [4.69, 9.17) is 9.15 Å².